The molecule has 0 aliphatic carbocycles. The summed E-state index contributed by atoms with van der Waals surface area (Å²) in [5.41, 5.74) is 1.51. The van der Waals surface area contributed by atoms with Gasteiger partial charge in [-0.25, -0.2) is 0 Å². The van der Waals surface area contributed by atoms with Crippen molar-refractivity contribution in [1.29, 1.82) is 0 Å². The average molecular weight is 315 g/mol. The highest BCUT2D eigenvalue weighted by Crippen LogP contribution is 2.30. The van der Waals surface area contributed by atoms with E-state index in [0.29, 0.717) is 16.8 Å². The molecule has 0 radical (unpaired) electrons. The predicted octanol–water partition coefficient (Wildman–Crippen LogP) is 2.81. The Labute approximate surface area is 135 Å². The molecule has 0 aromatic carbocycles. The van der Waals surface area contributed by atoms with Crippen LogP contribution in [0.3, 0.4) is 0 Å². The molecule has 23 heavy (non-hydrogen) atoms. The summed E-state index contributed by atoms with van der Waals surface area (Å²) in [7, 11) is 0. The van der Waals surface area contributed by atoms with Gasteiger partial charge in [-0.05, 0) is 31.9 Å². The van der Waals surface area contributed by atoms with E-state index >= 15 is 0 Å². The van der Waals surface area contributed by atoms with Crippen LogP contribution < -0.4 is 0 Å². The van der Waals surface area contributed by atoms with Crippen LogP contribution in [0.15, 0.2) is 29.0 Å². The molecule has 1 aliphatic rings. The molecule has 1 amide bonds. The van der Waals surface area contributed by atoms with Crippen LogP contribution >= 0.6 is 0 Å². The lowest BCUT2D eigenvalue weighted by Crippen LogP contribution is -2.32. The lowest BCUT2D eigenvalue weighted by atomic mass is 10.0. The van der Waals surface area contributed by atoms with Gasteiger partial charge in [0.05, 0.1) is 0 Å². The smallest absolute Gasteiger partial charge is 0.259 e. The number of hydrogen-bond donors (Lipinski definition) is 1. The number of rotatable bonds is 3. The highest BCUT2D eigenvalue weighted by molar-refractivity contribution is 6.00. The zero-order valence-corrected chi connectivity index (χ0v) is 13.2. The summed E-state index contributed by atoms with van der Waals surface area (Å²) in [6, 6.07) is 3.61. The van der Waals surface area contributed by atoms with E-state index in [9.17, 15) is 9.90 Å². The van der Waals surface area contributed by atoms with E-state index in [0.717, 1.165) is 38.8 Å². The second-order valence-corrected chi connectivity index (χ2v) is 5.89. The largest absolute Gasteiger partial charge is 0.385 e. The van der Waals surface area contributed by atoms with Crippen LogP contribution in [-0.2, 0) is 0 Å². The van der Waals surface area contributed by atoms with Crippen LogP contribution in [0.4, 0.5) is 0 Å². The minimum absolute atomic E-state index is 0.122. The van der Waals surface area contributed by atoms with Crippen molar-refractivity contribution in [3.63, 3.8) is 0 Å². The summed E-state index contributed by atoms with van der Waals surface area (Å²) in [4.78, 5) is 18.9. The van der Waals surface area contributed by atoms with Crippen LogP contribution in [0.2, 0.25) is 0 Å². The fraction of sp³-hybridized carbons (Fsp3) is 0.471. The van der Waals surface area contributed by atoms with Gasteiger partial charge in [-0.2, -0.15) is 0 Å². The summed E-state index contributed by atoms with van der Waals surface area (Å²) in [6.07, 6.45) is 6.71. The Morgan fingerprint density at radius 2 is 2.04 bits per heavy atom. The highest BCUT2D eigenvalue weighted by atomic mass is 16.5. The van der Waals surface area contributed by atoms with Crippen LogP contribution in [0.5, 0.6) is 0 Å². The van der Waals surface area contributed by atoms with Crippen molar-refractivity contribution in [2.75, 3.05) is 13.1 Å². The van der Waals surface area contributed by atoms with E-state index in [1.807, 2.05) is 11.0 Å². The molecule has 1 fully saturated rings. The Balaban J connectivity index is 2.01. The number of nitrogens with zero attached hydrogens (tertiary/aromatic N) is 3. The Morgan fingerprint density at radius 1 is 1.30 bits per heavy atom. The molecule has 6 heteroatoms. The van der Waals surface area contributed by atoms with Gasteiger partial charge < -0.3 is 14.5 Å². The summed E-state index contributed by atoms with van der Waals surface area (Å²) < 4.78 is 5.28. The van der Waals surface area contributed by atoms with E-state index in [1.54, 1.807) is 25.4 Å². The van der Waals surface area contributed by atoms with E-state index in [1.165, 1.54) is 0 Å². The number of hydrogen-bond acceptors (Lipinski definition) is 5. The van der Waals surface area contributed by atoms with Crippen molar-refractivity contribution in [3.05, 3.63) is 35.9 Å². The molecule has 3 rings (SSSR count). The van der Waals surface area contributed by atoms with Gasteiger partial charge >= 0.3 is 0 Å². The minimum atomic E-state index is -0.890. The number of aromatic nitrogens is 2. The lowest BCUT2D eigenvalue weighted by molar-refractivity contribution is 0.0750. The summed E-state index contributed by atoms with van der Waals surface area (Å²) in [5, 5.41) is 14.0. The van der Waals surface area contributed by atoms with Crippen LogP contribution in [0.25, 0.3) is 11.3 Å². The Hall–Kier alpha value is -2.21. The van der Waals surface area contributed by atoms with Gasteiger partial charge in [0.1, 0.15) is 17.4 Å². The molecule has 6 nitrogen and oxygen atoms in total. The maximum Gasteiger partial charge on any atom is 0.259 e. The first kappa shape index (κ1) is 15.7. The van der Waals surface area contributed by atoms with E-state index in [2.05, 4.69) is 10.1 Å². The van der Waals surface area contributed by atoms with Crippen molar-refractivity contribution >= 4 is 5.91 Å². The zero-order chi connectivity index (χ0) is 16.2. The molecular formula is C17H21N3O3. The summed E-state index contributed by atoms with van der Waals surface area (Å²) in [6.45, 7) is 3.04. The SMILES string of the molecule is C[C@H](O)c1onc(-c2cccnc2)c1C(=O)N1CCCCCC1. The molecule has 2 aromatic rings. The lowest BCUT2D eigenvalue weighted by Gasteiger charge is -2.20. The number of carbonyl (C=O) groups excluding carboxylic acids is 1. The molecule has 2 aromatic heterocycles. The Morgan fingerprint density at radius 3 is 2.65 bits per heavy atom. The van der Waals surface area contributed by atoms with Crippen LogP contribution in [-0.4, -0.2) is 39.1 Å². The van der Waals surface area contributed by atoms with Gasteiger partial charge in [-0.15, -0.1) is 0 Å². The third-order valence-corrected chi connectivity index (χ3v) is 4.14. The van der Waals surface area contributed by atoms with Gasteiger partial charge in [0, 0.05) is 31.0 Å². The monoisotopic (exact) mass is 315 g/mol. The standard InChI is InChI=1S/C17H21N3O3/c1-12(21)16-14(17(22)20-9-4-2-3-5-10-20)15(19-23-16)13-7-6-8-18-11-13/h6-8,11-12,21H,2-5,9-10H2,1H3/t12-/m0/s1. The van der Waals surface area contributed by atoms with Crippen LogP contribution in [0.1, 0.15) is 54.8 Å². The van der Waals surface area contributed by atoms with Gasteiger partial charge in [0.25, 0.3) is 5.91 Å². The maximum absolute atomic E-state index is 13.0. The molecular weight excluding hydrogens is 294 g/mol. The molecule has 0 spiro atoms. The van der Waals surface area contributed by atoms with Gasteiger partial charge in [-0.1, -0.05) is 18.0 Å². The topological polar surface area (TPSA) is 79.5 Å². The number of aliphatic hydroxyl groups is 1. The summed E-state index contributed by atoms with van der Waals surface area (Å²) >= 11 is 0. The second-order valence-electron chi connectivity index (χ2n) is 5.89. The van der Waals surface area contributed by atoms with Gasteiger partial charge in [0.15, 0.2) is 5.76 Å². The molecule has 3 heterocycles. The molecule has 0 saturated carbocycles. The fourth-order valence-corrected chi connectivity index (χ4v) is 2.93. The van der Waals surface area contributed by atoms with Crippen LogP contribution in [0, 0.1) is 0 Å². The number of pyridine rings is 1. The first-order valence-electron chi connectivity index (χ1n) is 8.06. The van der Waals surface area contributed by atoms with Gasteiger partial charge in [0.2, 0.25) is 0 Å². The number of carbonyl (C=O) groups is 1. The van der Waals surface area contributed by atoms with Crippen molar-refractivity contribution < 1.29 is 14.4 Å². The quantitative estimate of drug-likeness (QED) is 0.942. The minimum Gasteiger partial charge on any atom is -0.385 e. The highest BCUT2D eigenvalue weighted by Gasteiger charge is 2.30. The predicted molar refractivity (Wildman–Crippen MR) is 84.7 cm³/mol. The Bertz CT molecular complexity index is 659. The number of amides is 1. The zero-order valence-electron chi connectivity index (χ0n) is 13.2. The van der Waals surface area contributed by atoms with E-state index in [-0.39, 0.29) is 11.7 Å². The normalized spacial score (nSPS) is 16.9. The van der Waals surface area contributed by atoms with E-state index in [4.69, 9.17) is 4.52 Å². The number of likely N-dealkylation sites (tertiary alicyclic amines) is 1. The molecule has 1 saturated heterocycles. The molecule has 0 bridgehead atoms. The van der Waals surface area contributed by atoms with Crippen molar-refractivity contribution in [2.45, 2.75) is 38.7 Å². The first-order chi connectivity index (χ1) is 11.2. The third-order valence-electron chi connectivity index (χ3n) is 4.14. The molecule has 1 aliphatic heterocycles. The molecule has 122 valence electrons. The first-order valence-corrected chi connectivity index (χ1v) is 8.06. The van der Waals surface area contributed by atoms with E-state index < -0.39 is 6.10 Å². The van der Waals surface area contributed by atoms with Crippen molar-refractivity contribution in [2.24, 2.45) is 0 Å². The Kier molecular flexibility index (Phi) is 4.71. The van der Waals surface area contributed by atoms with Crippen molar-refractivity contribution in [1.82, 2.24) is 15.0 Å². The van der Waals surface area contributed by atoms with Gasteiger partial charge in [-0.3, -0.25) is 9.78 Å². The average Bonchev–Trinajstić information content (AvgIpc) is 2.83. The third kappa shape index (κ3) is 3.27. The molecule has 1 N–H and O–H groups in total. The molecule has 0 unspecified atom stereocenters. The van der Waals surface area contributed by atoms with Crippen molar-refractivity contribution in [3.8, 4) is 11.3 Å². The number of aliphatic hydroxyl groups excluding tert-OH is 1. The maximum atomic E-state index is 13.0. The molecule has 1 atom stereocenters. The summed E-state index contributed by atoms with van der Waals surface area (Å²) in [5.74, 6) is 0.0982. The second kappa shape index (κ2) is 6.91. The fourth-order valence-electron chi connectivity index (χ4n) is 2.93.